The first-order valence-corrected chi connectivity index (χ1v) is 22.0. The van der Waals surface area contributed by atoms with Crippen LogP contribution in [0, 0.1) is 0 Å². The van der Waals surface area contributed by atoms with E-state index in [9.17, 15) is 0 Å². The maximum Gasteiger partial charge on any atom is 0.165 e. The van der Waals surface area contributed by atoms with Crippen molar-refractivity contribution in [2.75, 3.05) is 4.90 Å². The third-order valence-electron chi connectivity index (χ3n) is 13.1. The summed E-state index contributed by atoms with van der Waals surface area (Å²) in [5, 5.41) is 3.51. The maximum atomic E-state index is 7.16. The molecule has 1 atom stereocenters. The van der Waals surface area contributed by atoms with Gasteiger partial charge in [-0.05, 0) is 95.1 Å². The zero-order valence-corrected chi connectivity index (χ0v) is 34.4. The Morgan fingerprint density at radius 2 is 1.27 bits per heavy atom. The summed E-state index contributed by atoms with van der Waals surface area (Å²) in [4.78, 5) is 20.0. The van der Waals surface area contributed by atoms with Crippen LogP contribution in [0.25, 0.3) is 61.0 Å². The summed E-state index contributed by atoms with van der Waals surface area (Å²) in [5.74, 6) is 1.64. The second kappa shape index (κ2) is 13.0. The van der Waals surface area contributed by atoms with Crippen LogP contribution in [0.5, 0.6) is 11.5 Å². The first-order chi connectivity index (χ1) is 31.3. The molecular weight excluding hydrogens is 791 g/mol. The van der Waals surface area contributed by atoms with E-state index >= 15 is 0 Å². The van der Waals surface area contributed by atoms with Gasteiger partial charge in [0.05, 0.1) is 55.3 Å². The van der Waals surface area contributed by atoms with Gasteiger partial charge < -0.3 is 14.2 Å². The van der Waals surface area contributed by atoms with Crippen LogP contribution in [-0.4, -0.2) is 19.5 Å². The van der Waals surface area contributed by atoms with Crippen molar-refractivity contribution in [3.63, 3.8) is 0 Å². The zero-order chi connectivity index (χ0) is 41.2. The van der Waals surface area contributed by atoms with Crippen molar-refractivity contribution in [2.45, 2.75) is 15.2 Å². The summed E-state index contributed by atoms with van der Waals surface area (Å²) in [5.41, 5.74) is 14.9. The molecule has 7 aromatic carbocycles. The molecule has 0 bridgehead atoms. The number of pyridine rings is 3. The molecule has 1 aliphatic carbocycles. The van der Waals surface area contributed by atoms with Crippen molar-refractivity contribution in [1.29, 1.82) is 0 Å². The summed E-state index contributed by atoms with van der Waals surface area (Å²) in [7, 11) is 0. The van der Waals surface area contributed by atoms with E-state index in [-0.39, 0.29) is 0 Å². The number of hydrogen-bond acceptors (Lipinski definition) is 6. The third kappa shape index (κ3) is 4.71. The van der Waals surface area contributed by atoms with Gasteiger partial charge in [0.25, 0.3) is 0 Å². The average molecular weight is 824 g/mol. The van der Waals surface area contributed by atoms with Gasteiger partial charge in [0.15, 0.2) is 11.5 Å². The van der Waals surface area contributed by atoms with Crippen molar-refractivity contribution in [3.05, 3.63) is 223 Å². The predicted molar refractivity (Wildman–Crippen MR) is 253 cm³/mol. The number of rotatable bonds is 3. The van der Waals surface area contributed by atoms with Crippen LogP contribution < -0.4 is 9.64 Å². The first kappa shape index (κ1) is 34.7. The fourth-order valence-electron chi connectivity index (χ4n) is 10.6. The highest BCUT2D eigenvalue weighted by Crippen LogP contribution is 2.65. The molecule has 6 nitrogen and oxygen atoms in total. The van der Waals surface area contributed by atoms with Crippen LogP contribution >= 0.6 is 11.8 Å². The molecule has 294 valence electrons. The predicted octanol–water partition coefficient (Wildman–Crippen LogP) is 14.2. The highest BCUT2D eigenvalue weighted by molar-refractivity contribution is 7.99. The molecule has 11 aromatic rings. The Morgan fingerprint density at radius 1 is 0.508 bits per heavy atom. The van der Waals surface area contributed by atoms with Gasteiger partial charge in [-0.2, -0.15) is 0 Å². The third-order valence-corrected chi connectivity index (χ3v) is 14.3. The van der Waals surface area contributed by atoms with Crippen LogP contribution in [0.1, 0.15) is 22.3 Å². The molecular formula is C56H33N5OS. The van der Waals surface area contributed by atoms with Crippen LogP contribution in [-0.2, 0) is 5.41 Å². The molecule has 0 saturated carbocycles. The van der Waals surface area contributed by atoms with Crippen LogP contribution in [0.2, 0.25) is 0 Å². The van der Waals surface area contributed by atoms with E-state index in [0.717, 1.165) is 94.9 Å². The molecule has 4 aromatic heterocycles. The van der Waals surface area contributed by atoms with Gasteiger partial charge in [0.2, 0.25) is 0 Å². The Bertz CT molecular complexity index is 3730. The number of ether oxygens (including phenoxy) is 1. The number of nitrogens with zero attached hydrogens (tertiary/aromatic N) is 5. The highest BCUT2D eigenvalue weighted by atomic mass is 32.2. The van der Waals surface area contributed by atoms with Gasteiger partial charge in [-0.1, -0.05) is 127 Å². The zero-order valence-electron chi connectivity index (χ0n) is 33.6. The van der Waals surface area contributed by atoms with Crippen molar-refractivity contribution in [2.24, 2.45) is 0 Å². The fraction of sp³-hybridized carbons (Fsp3) is 0.0179. The molecule has 7 heteroatoms. The molecule has 0 saturated heterocycles. The largest absolute Gasteiger partial charge is 0.452 e. The van der Waals surface area contributed by atoms with Crippen LogP contribution in [0.3, 0.4) is 0 Å². The molecule has 2 aliphatic heterocycles. The van der Waals surface area contributed by atoms with E-state index in [2.05, 4.69) is 191 Å². The number of fused-ring (bicyclic) bond motifs is 16. The number of anilines is 3. The minimum Gasteiger partial charge on any atom is -0.452 e. The number of benzene rings is 7. The van der Waals surface area contributed by atoms with Crippen molar-refractivity contribution in [3.8, 4) is 39.8 Å². The quantitative estimate of drug-likeness (QED) is 0.177. The first-order valence-electron chi connectivity index (χ1n) is 21.2. The Labute approximate surface area is 366 Å². The number of para-hydroxylation sites is 5. The van der Waals surface area contributed by atoms with E-state index in [1.807, 2.05) is 18.5 Å². The summed E-state index contributed by atoms with van der Waals surface area (Å²) < 4.78 is 9.54. The van der Waals surface area contributed by atoms with Gasteiger partial charge >= 0.3 is 0 Å². The molecule has 1 spiro atoms. The van der Waals surface area contributed by atoms with Gasteiger partial charge in [0.1, 0.15) is 0 Å². The van der Waals surface area contributed by atoms with E-state index in [1.54, 1.807) is 11.8 Å². The van der Waals surface area contributed by atoms with Crippen molar-refractivity contribution < 1.29 is 4.74 Å². The van der Waals surface area contributed by atoms with Gasteiger partial charge in [-0.25, -0.2) is 4.98 Å². The molecule has 0 fully saturated rings. The monoisotopic (exact) mass is 823 g/mol. The molecule has 6 heterocycles. The molecule has 3 aliphatic rings. The lowest BCUT2D eigenvalue weighted by molar-refractivity contribution is 0.461. The normalized spacial score (nSPS) is 15.4. The van der Waals surface area contributed by atoms with Crippen molar-refractivity contribution in [1.82, 2.24) is 19.5 Å². The SMILES string of the molecule is c1ccc(-n2c3ccccc3c3ccc(N4c5ccccc5Oc5c4ccc4c5Sc5ccccc5C45c4cccnc4-c4nc(-c6cccc7cccnc67)ccc45)cc32)cc1. The topological polar surface area (TPSA) is 56.1 Å². The fourth-order valence-corrected chi connectivity index (χ4v) is 11.8. The van der Waals surface area contributed by atoms with Gasteiger partial charge in [-0.15, -0.1) is 0 Å². The highest BCUT2D eigenvalue weighted by Gasteiger charge is 2.53. The van der Waals surface area contributed by atoms with E-state index in [0.29, 0.717) is 0 Å². The maximum absolute atomic E-state index is 7.16. The Kier molecular flexibility index (Phi) is 7.16. The van der Waals surface area contributed by atoms with Gasteiger partial charge in [-0.3, -0.25) is 9.97 Å². The molecule has 0 radical (unpaired) electrons. The van der Waals surface area contributed by atoms with Crippen molar-refractivity contribution >= 4 is 61.5 Å². The minimum atomic E-state index is -0.700. The number of hydrogen-bond donors (Lipinski definition) is 0. The molecule has 14 rings (SSSR count). The molecule has 0 amide bonds. The molecule has 63 heavy (non-hydrogen) atoms. The smallest absolute Gasteiger partial charge is 0.165 e. The van der Waals surface area contributed by atoms with E-state index in [1.165, 1.54) is 26.7 Å². The summed E-state index contributed by atoms with van der Waals surface area (Å²) in [6.45, 7) is 0. The Morgan fingerprint density at radius 3 is 2.24 bits per heavy atom. The van der Waals surface area contributed by atoms with Crippen LogP contribution in [0.4, 0.5) is 17.1 Å². The van der Waals surface area contributed by atoms with E-state index in [4.69, 9.17) is 19.7 Å². The summed E-state index contributed by atoms with van der Waals surface area (Å²) in [6.07, 6.45) is 3.74. The standard InChI is InChI=1S/C56H33N5OS/c1-2-15-35(16-3-1)60-45-21-6-4-17-37(45)38-26-25-36(33-48(38)60)61-46-22-7-8-23-49(46)62-54-47(61)30-28-43-55(54)63-50-24-9-5-19-40(50)56(43)41-20-12-32-58-52(41)53-42(56)27-29-44(59-53)39-18-10-13-34-14-11-31-57-51(34)39/h1-33H. The average Bonchev–Trinajstić information content (AvgIpc) is 3.83. The van der Waals surface area contributed by atoms with E-state index < -0.39 is 5.41 Å². The Hall–Kier alpha value is -8.00. The minimum absolute atomic E-state index is 0.700. The lowest BCUT2D eigenvalue weighted by atomic mass is 9.67. The number of aromatic nitrogens is 4. The van der Waals surface area contributed by atoms with Gasteiger partial charge in [0, 0.05) is 50.4 Å². The second-order valence-corrected chi connectivity index (χ2v) is 17.4. The summed E-state index contributed by atoms with van der Waals surface area (Å²) >= 11 is 1.78. The lowest BCUT2D eigenvalue weighted by Gasteiger charge is -2.41. The molecule has 0 N–H and O–H groups in total. The van der Waals surface area contributed by atoms with Crippen LogP contribution in [0.15, 0.2) is 210 Å². The molecule has 1 unspecified atom stereocenters. The summed E-state index contributed by atoms with van der Waals surface area (Å²) in [6, 6.07) is 67.1. The Balaban J connectivity index is 1.01. The second-order valence-electron chi connectivity index (χ2n) is 16.3. The lowest BCUT2D eigenvalue weighted by Crippen LogP contribution is -2.32.